The van der Waals surface area contributed by atoms with Crippen LogP contribution in [0.25, 0.3) is 83.9 Å². The third kappa shape index (κ3) is 5.46. The molecule has 9 aromatic carbocycles. The molecule has 1 aliphatic heterocycles. The SMILES string of the molecule is c1ccc(-c2ccc(-c3nc(-c4ccccc4)nc(-n4c5ccccc5c5cc(-c6ccc7c(c6)-c6ccccc6C76c7ccccc7Sc7ccccc76)ccc54)n3)cc2)cc1. The van der Waals surface area contributed by atoms with Crippen LogP contribution in [0.3, 0.4) is 0 Å². The third-order valence-electron chi connectivity index (χ3n) is 13.0. The van der Waals surface area contributed by atoms with Crippen molar-refractivity contribution in [3.8, 4) is 62.1 Å². The molecule has 0 bridgehead atoms. The van der Waals surface area contributed by atoms with Crippen molar-refractivity contribution in [2.24, 2.45) is 0 Å². The zero-order valence-electron chi connectivity index (χ0n) is 34.0. The monoisotopic (exact) mass is 820 g/mol. The molecule has 5 heteroatoms. The molecule has 63 heavy (non-hydrogen) atoms. The summed E-state index contributed by atoms with van der Waals surface area (Å²) in [4.78, 5) is 18.1. The fraction of sp³-hybridized carbons (Fsp3) is 0.0172. The second-order valence-electron chi connectivity index (χ2n) is 16.3. The minimum atomic E-state index is -0.397. The summed E-state index contributed by atoms with van der Waals surface area (Å²) in [7, 11) is 0. The number of rotatable bonds is 5. The maximum atomic E-state index is 5.23. The Labute approximate surface area is 369 Å². The van der Waals surface area contributed by atoms with E-state index in [0.717, 1.165) is 44.1 Å². The predicted octanol–water partition coefficient (Wildman–Crippen LogP) is 14.5. The lowest BCUT2D eigenvalue weighted by Crippen LogP contribution is -2.31. The summed E-state index contributed by atoms with van der Waals surface area (Å²) in [6, 6.07) is 78.6. The molecule has 0 radical (unpaired) electrons. The number of fused-ring (bicyclic) bond motifs is 12. The summed E-state index contributed by atoms with van der Waals surface area (Å²) < 4.78 is 2.20. The number of nitrogens with zero attached hydrogens (tertiary/aromatic N) is 4. The number of hydrogen-bond donors (Lipinski definition) is 0. The van der Waals surface area contributed by atoms with Crippen molar-refractivity contribution in [2.45, 2.75) is 15.2 Å². The van der Waals surface area contributed by atoms with Crippen LogP contribution < -0.4 is 0 Å². The molecule has 0 fully saturated rings. The lowest BCUT2D eigenvalue weighted by Gasteiger charge is -2.39. The second-order valence-corrected chi connectivity index (χ2v) is 17.4. The van der Waals surface area contributed by atoms with Crippen LogP contribution in [0, 0.1) is 0 Å². The largest absolute Gasteiger partial charge is 0.278 e. The van der Waals surface area contributed by atoms with Gasteiger partial charge in [-0.25, -0.2) is 4.98 Å². The van der Waals surface area contributed by atoms with E-state index in [1.807, 2.05) is 36.0 Å². The summed E-state index contributed by atoms with van der Waals surface area (Å²) in [5, 5.41) is 2.28. The molecule has 294 valence electrons. The molecular formula is C58H36N4S. The van der Waals surface area contributed by atoms with E-state index in [1.165, 1.54) is 54.3 Å². The predicted molar refractivity (Wildman–Crippen MR) is 257 cm³/mol. The van der Waals surface area contributed by atoms with Crippen LogP contribution in [0.1, 0.15) is 22.3 Å². The molecule has 0 amide bonds. The highest BCUT2D eigenvalue weighted by atomic mass is 32.2. The Morgan fingerprint density at radius 2 is 0.825 bits per heavy atom. The molecule has 0 N–H and O–H groups in total. The van der Waals surface area contributed by atoms with Crippen molar-refractivity contribution in [3.63, 3.8) is 0 Å². The van der Waals surface area contributed by atoms with Gasteiger partial charge >= 0.3 is 0 Å². The molecule has 0 atom stereocenters. The van der Waals surface area contributed by atoms with Gasteiger partial charge in [0, 0.05) is 31.7 Å². The van der Waals surface area contributed by atoms with E-state index in [2.05, 4.69) is 199 Å². The molecule has 1 spiro atoms. The molecule has 11 aromatic rings. The fourth-order valence-electron chi connectivity index (χ4n) is 10.2. The topological polar surface area (TPSA) is 43.6 Å². The van der Waals surface area contributed by atoms with Crippen LogP contribution >= 0.6 is 11.8 Å². The molecule has 4 nitrogen and oxygen atoms in total. The Bertz CT molecular complexity index is 3550. The number of para-hydroxylation sites is 1. The highest BCUT2D eigenvalue weighted by Crippen LogP contribution is 2.62. The first-order chi connectivity index (χ1) is 31.2. The number of aromatic nitrogens is 4. The second kappa shape index (κ2) is 14.1. The van der Waals surface area contributed by atoms with Crippen LogP contribution in [0.15, 0.2) is 228 Å². The number of benzene rings is 9. The van der Waals surface area contributed by atoms with Crippen molar-refractivity contribution in [3.05, 3.63) is 241 Å². The fourth-order valence-corrected chi connectivity index (χ4v) is 11.4. The van der Waals surface area contributed by atoms with Crippen LogP contribution in [0.2, 0.25) is 0 Å². The van der Waals surface area contributed by atoms with E-state index in [9.17, 15) is 0 Å². The van der Waals surface area contributed by atoms with Gasteiger partial charge in [-0.1, -0.05) is 194 Å². The molecule has 0 unspecified atom stereocenters. The van der Waals surface area contributed by atoms with Gasteiger partial charge in [-0.2, -0.15) is 9.97 Å². The normalized spacial score (nSPS) is 13.1. The highest BCUT2D eigenvalue weighted by Gasteiger charge is 2.50. The quantitative estimate of drug-likeness (QED) is 0.173. The lowest BCUT2D eigenvalue weighted by atomic mass is 9.67. The van der Waals surface area contributed by atoms with E-state index in [1.54, 1.807) is 0 Å². The molecule has 0 saturated carbocycles. The Morgan fingerprint density at radius 1 is 0.333 bits per heavy atom. The third-order valence-corrected chi connectivity index (χ3v) is 14.1. The maximum Gasteiger partial charge on any atom is 0.238 e. The smallest absolute Gasteiger partial charge is 0.238 e. The van der Waals surface area contributed by atoms with Crippen LogP contribution in [-0.4, -0.2) is 19.5 Å². The summed E-state index contributed by atoms with van der Waals surface area (Å²) in [5.41, 5.74) is 16.1. The standard InChI is InChI=1S/C58H36N4S/c1-3-15-37(16-4-1)38-27-29-40(30-28-38)56-59-55(39-17-5-2-6-18-39)60-57(61-56)62-51-24-12-8-20-44(51)46-36-42(32-34-52(46)62)41-31-33-48-45(35-41)43-19-7-9-21-47(43)58(48)49-22-10-13-25-53(49)63-54-26-14-11-23-50(54)58/h1-36H. The first-order valence-electron chi connectivity index (χ1n) is 21.3. The van der Waals surface area contributed by atoms with E-state index >= 15 is 0 Å². The van der Waals surface area contributed by atoms with E-state index in [-0.39, 0.29) is 0 Å². The zero-order valence-corrected chi connectivity index (χ0v) is 34.8. The van der Waals surface area contributed by atoms with Crippen LogP contribution in [0.4, 0.5) is 0 Å². The minimum Gasteiger partial charge on any atom is -0.278 e. The van der Waals surface area contributed by atoms with Gasteiger partial charge in [0.2, 0.25) is 5.95 Å². The Kier molecular flexibility index (Phi) is 8.02. The Balaban J connectivity index is 0.971. The molecule has 1 aliphatic carbocycles. The average molecular weight is 821 g/mol. The first-order valence-corrected chi connectivity index (χ1v) is 22.2. The van der Waals surface area contributed by atoms with Crippen molar-refractivity contribution in [2.75, 3.05) is 0 Å². The first kappa shape index (κ1) is 35.9. The molecule has 2 aliphatic rings. The van der Waals surface area contributed by atoms with E-state index in [4.69, 9.17) is 15.0 Å². The minimum absolute atomic E-state index is 0.397. The van der Waals surface area contributed by atoms with E-state index in [0.29, 0.717) is 17.6 Å². The van der Waals surface area contributed by atoms with Crippen LogP contribution in [0.5, 0.6) is 0 Å². The van der Waals surface area contributed by atoms with Gasteiger partial charge in [0.15, 0.2) is 11.6 Å². The van der Waals surface area contributed by atoms with Gasteiger partial charge < -0.3 is 0 Å². The number of hydrogen-bond acceptors (Lipinski definition) is 4. The summed E-state index contributed by atoms with van der Waals surface area (Å²) in [6.07, 6.45) is 0. The summed E-state index contributed by atoms with van der Waals surface area (Å²) in [6.45, 7) is 0. The van der Waals surface area contributed by atoms with Gasteiger partial charge in [0.05, 0.1) is 16.4 Å². The maximum absolute atomic E-state index is 5.23. The van der Waals surface area contributed by atoms with Gasteiger partial charge in [-0.05, 0) is 92.0 Å². The van der Waals surface area contributed by atoms with Crippen molar-refractivity contribution >= 4 is 33.6 Å². The Hall–Kier alpha value is -7.86. The zero-order chi connectivity index (χ0) is 41.5. The van der Waals surface area contributed by atoms with E-state index < -0.39 is 5.41 Å². The molecule has 2 aromatic heterocycles. The molecule has 13 rings (SSSR count). The van der Waals surface area contributed by atoms with Gasteiger partial charge in [0.1, 0.15) is 0 Å². The highest BCUT2D eigenvalue weighted by molar-refractivity contribution is 7.99. The molecule has 3 heterocycles. The average Bonchev–Trinajstić information content (AvgIpc) is 3.84. The van der Waals surface area contributed by atoms with Crippen molar-refractivity contribution < 1.29 is 0 Å². The van der Waals surface area contributed by atoms with Gasteiger partial charge in [-0.3, -0.25) is 4.57 Å². The lowest BCUT2D eigenvalue weighted by molar-refractivity contribution is 0.722. The Morgan fingerprint density at radius 3 is 1.56 bits per heavy atom. The molecular weight excluding hydrogens is 785 g/mol. The molecule has 0 saturated heterocycles. The van der Waals surface area contributed by atoms with Gasteiger partial charge in [0.25, 0.3) is 0 Å². The van der Waals surface area contributed by atoms with Gasteiger partial charge in [-0.15, -0.1) is 0 Å². The summed E-state index contributed by atoms with van der Waals surface area (Å²) in [5.74, 6) is 1.83. The van der Waals surface area contributed by atoms with Crippen LogP contribution in [-0.2, 0) is 5.41 Å². The van der Waals surface area contributed by atoms with Crippen molar-refractivity contribution in [1.29, 1.82) is 0 Å². The van der Waals surface area contributed by atoms with Crippen molar-refractivity contribution in [1.82, 2.24) is 19.5 Å². The summed E-state index contributed by atoms with van der Waals surface area (Å²) >= 11 is 1.88.